The second-order valence-electron chi connectivity index (χ2n) is 4.15. The van der Waals surface area contributed by atoms with Crippen molar-refractivity contribution in [2.75, 3.05) is 0 Å². The van der Waals surface area contributed by atoms with Gasteiger partial charge >= 0.3 is 5.97 Å². The zero-order valence-electron chi connectivity index (χ0n) is 10.1. The van der Waals surface area contributed by atoms with Gasteiger partial charge in [-0.2, -0.15) is 5.10 Å². The molecule has 0 aliphatic heterocycles. The number of carboxylic acids is 1. The summed E-state index contributed by atoms with van der Waals surface area (Å²) in [4.78, 5) is 11.1. The van der Waals surface area contributed by atoms with Gasteiger partial charge in [-0.15, -0.1) is 0 Å². The molecule has 0 bridgehead atoms. The van der Waals surface area contributed by atoms with Crippen molar-refractivity contribution >= 4 is 5.97 Å². The van der Waals surface area contributed by atoms with Gasteiger partial charge in [0.1, 0.15) is 5.56 Å². The van der Waals surface area contributed by atoms with Crippen LogP contribution in [0.2, 0.25) is 0 Å². The number of aromatic nitrogens is 2. The van der Waals surface area contributed by atoms with E-state index >= 15 is 0 Å². The monoisotopic (exact) mass is 230 g/mol. The third kappa shape index (κ3) is 1.93. The molecule has 88 valence electrons. The molecule has 0 spiro atoms. The molecule has 0 unspecified atom stereocenters. The Morgan fingerprint density at radius 1 is 1.35 bits per heavy atom. The molecule has 0 atom stereocenters. The van der Waals surface area contributed by atoms with Crippen molar-refractivity contribution in [1.82, 2.24) is 9.78 Å². The standard InChI is InChI=1S/C13H14N2O2/c1-8-4-5-10(9(2)6-8)12-11(13(16)17)7-14-15(12)3/h4-7H,1-3H3,(H,16,17). The second kappa shape index (κ2) is 4.05. The molecule has 0 radical (unpaired) electrons. The Balaban J connectivity index is 2.67. The first-order valence-electron chi connectivity index (χ1n) is 5.33. The molecule has 0 amide bonds. The number of aryl methyl sites for hydroxylation is 3. The number of carboxylic acid groups (broad SMARTS) is 1. The summed E-state index contributed by atoms with van der Waals surface area (Å²) in [5, 5.41) is 13.1. The summed E-state index contributed by atoms with van der Waals surface area (Å²) in [7, 11) is 1.75. The second-order valence-corrected chi connectivity index (χ2v) is 4.15. The summed E-state index contributed by atoms with van der Waals surface area (Å²) in [5.41, 5.74) is 4.00. The van der Waals surface area contributed by atoms with Crippen molar-refractivity contribution in [3.05, 3.63) is 41.1 Å². The normalized spacial score (nSPS) is 10.5. The maximum absolute atomic E-state index is 11.1. The molecule has 4 nitrogen and oxygen atoms in total. The van der Waals surface area contributed by atoms with E-state index in [9.17, 15) is 4.79 Å². The van der Waals surface area contributed by atoms with E-state index in [4.69, 9.17) is 5.11 Å². The van der Waals surface area contributed by atoms with Gasteiger partial charge in [-0.25, -0.2) is 4.79 Å². The summed E-state index contributed by atoms with van der Waals surface area (Å²) in [6.45, 7) is 3.99. The van der Waals surface area contributed by atoms with Crippen LogP contribution in [0.25, 0.3) is 11.3 Å². The molecule has 17 heavy (non-hydrogen) atoms. The van der Waals surface area contributed by atoms with Gasteiger partial charge in [0.25, 0.3) is 0 Å². The van der Waals surface area contributed by atoms with Crippen molar-refractivity contribution < 1.29 is 9.90 Å². The number of aromatic carboxylic acids is 1. The first-order valence-corrected chi connectivity index (χ1v) is 5.33. The van der Waals surface area contributed by atoms with Gasteiger partial charge in [-0.3, -0.25) is 4.68 Å². The van der Waals surface area contributed by atoms with Crippen molar-refractivity contribution in [3.8, 4) is 11.3 Å². The van der Waals surface area contributed by atoms with Gasteiger partial charge in [-0.05, 0) is 19.4 Å². The van der Waals surface area contributed by atoms with Gasteiger partial charge in [-0.1, -0.05) is 23.8 Å². The first-order chi connectivity index (χ1) is 8.00. The average Bonchev–Trinajstić information content (AvgIpc) is 2.60. The number of nitrogens with zero attached hydrogens (tertiary/aromatic N) is 2. The first kappa shape index (κ1) is 11.4. The van der Waals surface area contributed by atoms with Crippen LogP contribution in [0.1, 0.15) is 21.5 Å². The molecule has 2 rings (SSSR count). The number of benzene rings is 1. The van der Waals surface area contributed by atoms with E-state index in [-0.39, 0.29) is 5.56 Å². The highest BCUT2D eigenvalue weighted by Crippen LogP contribution is 2.27. The minimum Gasteiger partial charge on any atom is -0.478 e. The van der Waals surface area contributed by atoms with Gasteiger partial charge in [0.05, 0.1) is 11.9 Å². The van der Waals surface area contributed by atoms with Crippen molar-refractivity contribution in [1.29, 1.82) is 0 Å². The predicted molar refractivity (Wildman–Crippen MR) is 65.1 cm³/mol. The highest BCUT2D eigenvalue weighted by atomic mass is 16.4. The van der Waals surface area contributed by atoms with Gasteiger partial charge in [0, 0.05) is 12.6 Å². The fourth-order valence-corrected chi connectivity index (χ4v) is 1.99. The molecule has 1 aromatic heterocycles. The molecule has 2 aromatic rings. The summed E-state index contributed by atoms with van der Waals surface area (Å²) in [6, 6.07) is 5.95. The van der Waals surface area contributed by atoms with Crippen LogP contribution in [-0.4, -0.2) is 20.9 Å². The fraction of sp³-hybridized carbons (Fsp3) is 0.231. The molecule has 0 aliphatic rings. The third-order valence-electron chi connectivity index (χ3n) is 2.81. The Labute approximate surface area is 99.5 Å². The van der Waals surface area contributed by atoms with Crippen LogP contribution in [0.5, 0.6) is 0 Å². The predicted octanol–water partition coefficient (Wildman–Crippen LogP) is 2.40. The number of hydrogen-bond acceptors (Lipinski definition) is 2. The molecule has 1 N–H and O–H groups in total. The Kier molecular flexibility index (Phi) is 2.71. The van der Waals surface area contributed by atoms with Crippen LogP contribution in [0.4, 0.5) is 0 Å². The number of carbonyl (C=O) groups is 1. The van der Waals surface area contributed by atoms with E-state index in [1.165, 1.54) is 6.20 Å². The molecular formula is C13H14N2O2. The van der Waals surface area contributed by atoms with E-state index in [1.54, 1.807) is 11.7 Å². The maximum atomic E-state index is 11.1. The fourth-order valence-electron chi connectivity index (χ4n) is 1.99. The third-order valence-corrected chi connectivity index (χ3v) is 2.81. The van der Waals surface area contributed by atoms with Gasteiger partial charge in [0.2, 0.25) is 0 Å². The van der Waals surface area contributed by atoms with Crippen LogP contribution >= 0.6 is 0 Å². The Hall–Kier alpha value is -2.10. The summed E-state index contributed by atoms with van der Waals surface area (Å²) >= 11 is 0. The van der Waals surface area contributed by atoms with E-state index in [0.29, 0.717) is 5.69 Å². The Bertz CT molecular complexity index is 585. The minimum absolute atomic E-state index is 0.236. The molecule has 1 heterocycles. The van der Waals surface area contributed by atoms with Crippen molar-refractivity contribution in [2.45, 2.75) is 13.8 Å². The smallest absolute Gasteiger partial charge is 0.339 e. The lowest BCUT2D eigenvalue weighted by molar-refractivity contribution is 0.0697. The molecule has 0 saturated carbocycles. The quantitative estimate of drug-likeness (QED) is 0.861. The lowest BCUT2D eigenvalue weighted by Crippen LogP contribution is -2.01. The van der Waals surface area contributed by atoms with Gasteiger partial charge in [0.15, 0.2) is 0 Å². The SMILES string of the molecule is Cc1ccc(-c2c(C(=O)O)cnn2C)c(C)c1. The largest absolute Gasteiger partial charge is 0.478 e. The molecule has 0 aliphatic carbocycles. The Morgan fingerprint density at radius 2 is 2.06 bits per heavy atom. The number of hydrogen-bond donors (Lipinski definition) is 1. The molecule has 0 fully saturated rings. The number of rotatable bonds is 2. The summed E-state index contributed by atoms with van der Waals surface area (Å²) in [5.74, 6) is -0.951. The zero-order chi connectivity index (χ0) is 12.6. The highest BCUT2D eigenvalue weighted by Gasteiger charge is 2.17. The van der Waals surface area contributed by atoms with Crippen molar-refractivity contribution in [3.63, 3.8) is 0 Å². The van der Waals surface area contributed by atoms with E-state index in [0.717, 1.165) is 16.7 Å². The van der Waals surface area contributed by atoms with Crippen LogP contribution in [0.15, 0.2) is 24.4 Å². The van der Waals surface area contributed by atoms with E-state index in [2.05, 4.69) is 5.10 Å². The van der Waals surface area contributed by atoms with Crippen molar-refractivity contribution in [2.24, 2.45) is 7.05 Å². The van der Waals surface area contributed by atoms with Crippen LogP contribution < -0.4 is 0 Å². The lowest BCUT2D eigenvalue weighted by Gasteiger charge is -2.08. The maximum Gasteiger partial charge on any atom is 0.339 e. The molecule has 0 saturated heterocycles. The highest BCUT2D eigenvalue weighted by molar-refractivity contribution is 5.95. The van der Waals surface area contributed by atoms with Gasteiger partial charge < -0.3 is 5.11 Å². The topological polar surface area (TPSA) is 55.1 Å². The van der Waals surface area contributed by atoms with Crippen LogP contribution in [0, 0.1) is 13.8 Å². The van der Waals surface area contributed by atoms with E-state index < -0.39 is 5.97 Å². The molecule has 1 aromatic carbocycles. The molecular weight excluding hydrogens is 216 g/mol. The van der Waals surface area contributed by atoms with Crippen LogP contribution in [-0.2, 0) is 7.05 Å². The van der Waals surface area contributed by atoms with E-state index in [1.807, 2.05) is 32.0 Å². The lowest BCUT2D eigenvalue weighted by atomic mass is 10.0. The summed E-state index contributed by atoms with van der Waals surface area (Å²) in [6.07, 6.45) is 1.39. The molecule has 4 heteroatoms. The Morgan fingerprint density at radius 3 is 2.65 bits per heavy atom. The average molecular weight is 230 g/mol. The zero-order valence-corrected chi connectivity index (χ0v) is 10.1. The minimum atomic E-state index is -0.951. The summed E-state index contributed by atoms with van der Waals surface area (Å²) < 4.78 is 1.60. The van der Waals surface area contributed by atoms with Crippen LogP contribution in [0.3, 0.4) is 0 Å².